The molecule has 0 aromatic heterocycles. The first-order valence-electron chi connectivity index (χ1n) is 5.95. The minimum atomic E-state index is -1.24. The van der Waals surface area contributed by atoms with Crippen molar-refractivity contribution in [3.05, 3.63) is 63.6 Å². The van der Waals surface area contributed by atoms with E-state index in [-0.39, 0.29) is 0 Å². The fourth-order valence-electron chi connectivity index (χ4n) is 1.90. The number of hydrogen-bond acceptors (Lipinski definition) is 2. The lowest BCUT2D eigenvalue weighted by Gasteiger charge is -2.28. The topological polar surface area (TPSA) is 49.3 Å². The smallest absolute Gasteiger partial charge is 0.333 e. The van der Waals surface area contributed by atoms with Crippen LogP contribution in [0.2, 0.25) is 5.02 Å². The monoisotopic (exact) mass is 353 g/mol. The third-order valence-electron chi connectivity index (χ3n) is 3.05. The molecule has 2 rings (SSSR count). The van der Waals surface area contributed by atoms with Gasteiger partial charge in [0.05, 0.1) is 0 Å². The van der Waals surface area contributed by atoms with Gasteiger partial charge in [0.2, 0.25) is 0 Å². The van der Waals surface area contributed by atoms with Crippen LogP contribution < -0.4 is 5.32 Å². The van der Waals surface area contributed by atoms with E-state index in [1.165, 1.54) is 0 Å². The van der Waals surface area contributed by atoms with Crippen molar-refractivity contribution in [3.63, 3.8) is 0 Å². The Bertz CT molecular complexity index is 647. The molecule has 0 spiro atoms. The van der Waals surface area contributed by atoms with E-state index < -0.39 is 11.5 Å². The zero-order chi connectivity index (χ0) is 14.8. The number of anilines is 1. The summed E-state index contributed by atoms with van der Waals surface area (Å²) in [5.74, 6) is -0.962. The molecular formula is C15H13BrClNO2. The second kappa shape index (κ2) is 5.85. The van der Waals surface area contributed by atoms with Crippen molar-refractivity contribution in [2.24, 2.45) is 0 Å². The van der Waals surface area contributed by atoms with E-state index in [0.717, 1.165) is 4.47 Å². The Kier molecular flexibility index (Phi) is 4.35. The zero-order valence-electron chi connectivity index (χ0n) is 10.7. The van der Waals surface area contributed by atoms with Crippen LogP contribution in [0.15, 0.2) is 53.0 Å². The summed E-state index contributed by atoms with van der Waals surface area (Å²) in [5, 5.41) is 13.2. The summed E-state index contributed by atoms with van der Waals surface area (Å²) in [4.78, 5) is 11.7. The Morgan fingerprint density at radius 3 is 2.55 bits per heavy atom. The highest BCUT2D eigenvalue weighted by molar-refractivity contribution is 9.10. The van der Waals surface area contributed by atoms with Crippen molar-refractivity contribution in [1.82, 2.24) is 0 Å². The maximum atomic E-state index is 11.7. The molecule has 0 bridgehead atoms. The van der Waals surface area contributed by atoms with Gasteiger partial charge in [-0.2, -0.15) is 0 Å². The van der Waals surface area contributed by atoms with Gasteiger partial charge >= 0.3 is 5.97 Å². The fraction of sp³-hybridized carbons (Fsp3) is 0.133. The van der Waals surface area contributed by atoms with Gasteiger partial charge in [-0.25, -0.2) is 4.79 Å². The molecule has 2 aromatic carbocycles. The summed E-state index contributed by atoms with van der Waals surface area (Å²) >= 11 is 9.29. The number of carboxylic acids is 1. The fourth-order valence-corrected chi connectivity index (χ4v) is 2.49. The van der Waals surface area contributed by atoms with Gasteiger partial charge in [-0.15, -0.1) is 0 Å². The molecule has 1 unspecified atom stereocenters. The van der Waals surface area contributed by atoms with Gasteiger partial charge in [-0.3, -0.25) is 0 Å². The molecule has 0 aliphatic heterocycles. The molecule has 0 saturated carbocycles. The van der Waals surface area contributed by atoms with Gasteiger partial charge in [-0.05, 0) is 42.8 Å². The van der Waals surface area contributed by atoms with E-state index >= 15 is 0 Å². The van der Waals surface area contributed by atoms with Gasteiger partial charge in [0.15, 0.2) is 5.54 Å². The van der Waals surface area contributed by atoms with Crippen LogP contribution in [0.5, 0.6) is 0 Å². The third kappa shape index (κ3) is 3.14. The molecule has 5 heteroatoms. The van der Waals surface area contributed by atoms with Crippen LogP contribution in [0.1, 0.15) is 12.5 Å². The lowest BCUT2D eigenvalue weighted by molar-refractivity contribution is -0.142. The Hall–Kier alpha value is -1.52. The molecule has 1 atom stereocenters. The number of benzene rings is 2. The van der Waals surface area contributed by atoms with Crippen molar-refractivity contribution in [3.8, 4) is 0 Å². The molecule has 0 radical (unpaired) electrons. The van der Waals surface area contributed by atoms with Crippen LogP contribution in [0.4, 0.5) is 5.69 Å². The van der Waals surface area contributed by atoms with Gasteiger partial charge in [0, 0.05) is 15.2 Å². The molecule has 0 amide bonds. The minimum Gasteiger partial charge on any atom is -0.479 e. The van der Waals surface area contributed by atoms with Crippen molar-refractivity contribution >= 4 is 39.2 Å². The Labute approximate surface area is 130 Å². The van der Waals surface area contributed by atoms with E-state index in [1.54, 1.807) is 49.4 Å². The number of nitrogens with one attached hydrogen (secondary N) is 1. The molecular weight excluding hydrogens is 342 g/mol. The first-order valence-corrected chi connectivity index (χ1v) is 7.12. The molecule has 0 aliphatic rings. The largest absolute Gasteiger partial charge is 0.479 e. The molecule has 0 saturated heterocycles. The van der Waals surface area contributed by atoms with Crippen molar-refractivity contribution < 1.29 is 9.90 Å². The van der Waals surface area contributed by atoms with E-state index in [4.69, 9.17) is 11.6 Å². The predicted molar refractivity (Wildman–Crippen MR) is 84.2 cm³/mol. The van der Waals surface area contributed by atoms with Crippen LogP contribution in [0.25, 0.3) is 0 Å². The summed E-state index contributed by atoms with van der Waals surface area (Å²) in [6, 6.07) is 14.2. The molecule has 0 fully saturated rings. The highest BCUT2D eigenvalue weighted by atomic mass is 79.9. The van der Waals surface area contributed by atoms with E-state index in [2.05, 4.69) is 21.2 Å². The zero-order valence-corrected chi connectivity index (χ0v) is 13.1. The number of carboxylic acid groups (broad SMARTS) is 1. The summed E-state index contributed by atoms with van der Waals surface area (Å²) < 4.78 is 0.829. The molecule has 0 heterocycles. The molecule has 0 aliphatic carbocycles. The SMILES string of the molecule is CC(Nc1cccc(Cl)c1)(C(=O)O)c1cccc(Br)c1. The maximum Gasteiger partial charge on any atom is 0.333 e. The van der Waals surface area contributed by atoms with Crippen LogP contribution in [0, 0.1) is 0 Å². The molecule has 2 aromatic rings. The maximum absolute atomic E-state index is 11.7. The van der Waals surface area contributed by atoms with Crippen LogP contribution in [-0.2, 0) is 10.3 Å². The average molecular weight is 355 g/mol. The van der Waals surface area contributed by atoms with Gasteiger partial charge in [0.1, 0.15) is 0 Å². The number of carbonyl (C=O) groups is 1. The second-order valence-corrected chi connectivity index (χ2v) is 5.93. The summed E-state index contributed by atoms with van der Waals surface area (Å²) in [5.41, 5.74) is 0.0655. The quantitative estimate of drug-likeness (QED) is 0.849. The summed E-state index contributed by atoms with van der Waals surface area (Å²) in [6.45, 7) is 1.62. The summed E-state index contributed by atoms with van der Waals surface area (Å²) in [6.07, 6.45) is 0. The predicted octanol–water partition coefficient (Wildman–Crippen LogP) is 4.51. The van der Waals surface area contributed by atoms with E-state index in [1.807, 2.05) is 6.07 Å². The number of halogens is 2. The first kappa shape index (κ1) is 14.9. The second-order valence-electron chi connectivity index (χ2n) is 4.58. The normalized spacial score (nSPS) is 13.6. The van der Waals surface area contributed by atoms with Crippen LogP contribution >= 0.6 is 27.5 Å². The van der Waals surface area contributed by atoms with Crippen molar-refractivity contribution in [2.75, 3.05) is 5.32 Å². The first-order chi connectivity index (χ1) is 9.41. The van der Waals surface area contributed by atoms with Gasteiger partial charge < -0.3 is 10.4 Å². The highest BCUT2D eigenvalue weighted by Crippen LogP contribution is 2.29. The highest BCUT2D eigenvalue weighted by Gasteiger charge is 2.35. The van der Waals surface area contributed by atoms with Crippen molar-refractivity contribution in [1.29, 1.82) is 0 Å². The van der Waals surface area contributed by atoms with E-state index in [0.29, 0.717) is 16.3 Å². The minimum absolute atomic E-state index is 0.553. The van der Waals surface area contributed by atoms with E-state index in [9.17, 15) is 9.90 Å². The Morgan fingerprint density at radius 2 is 1.95 bits per heavy atom. The lowest BCUT2D eigenvalue weighted by Crippen LogP contribution is -2.40. The lowest BCUT2D eigenvalue weighted by atomic mass is 9.91. The van der Waals surface area contributed by atoms with Crippen LogP contribution in [-0.4, -0.2) is 11.1 Å². The van der Waals surface area contributed by atoms with Gasteiger partial charge in [0.25, 0.3) is 0 Å². The number of hydrogen-bond donors (Lipinski definition) is 2. The number of aliphatic carboxylic acids is 1. The Morgan fingerprint density at radius 1 is 1.25 bits per heavy atom. The van der Waals surface area contributed by atoms with Gasteiger partial charge in [-0.1, -0.05) is 45.7 Å². The molecule has 20 heavy (non-hydrogen) atoms. The van der Waals surface area contributed by atoms with Crippen LogP contribution in [0.3, 0.4) is 0 Å². The molecule has 104 valence electrons. The molecule has 3 nitrogen and oxygen atoms in total. The number of rotatable bonds is 4. The summed E-state index contributed by atoms with van der Waals surface area (Å²) in [7, 11) is 0. The molecule has 2 N–H and O–H groups in total. The average Bonchev–Trinajstić information content (AvgIpc) is 2.38. The van der Waals surface area contributed by atoms with Crippen molar-refractivity contribution in [2.45, 2.75) is 12.5 Å². The standard InChI is InChI=1S/C15H13BrClNO2/c1-15(14(19)20,10-4-2-5-11(16)8-10)18-13-7-3-6-12(17)9-13/h2-9,18H,1H3,(H,19,20). The third-order valence-corrected chi connectivity index (χ3v) is 3.78. The Balaban J connectivity index is 2.42.